The largest absolute Gasteiger partial charge is 0.470 e. The number of aryl methyl sites for hydroxylation is 1. The maximum Gasteiger partial charge on any atom is 0.242 e. The van der Waals surface area contributed by atoms with Crippen molar-refractivity contribution in [2.75, 3.05) is 13.1 Å². The van der Waals surface area contributed by atoms with Crippen LogP contribution in [0.25, 0.3) is 11.0 Å². The maximum absolute atomic E-state index is 9.99. The first kappa shape index (κ1) is 17.2. The van der Waals surface area contributed by atoms with Gasteiger partial charge in [0.25, 0.3) is 0 Å². The number of likely N-dealkylation sites (tertiary alicyclic amines) is 1. The Kier molecular flexibility index (Phi) is 4.53. The van der Waals surface area contributed by atoms with Gasteiger partial charge in [-0.15, -0.1) is 0 Å². The molecule has 0 aliphatic carbocycles. The zero-order valence-corrected chi connectivity index (χ0v) is 15.3. The zero-order chi connectivity index (χ0) is 17.5. The van der Waals surface area contributed by atoms with E-state index in [4.69, 9.17) is 4.74 Å². The lowest BCUT2D eigenvalue weighted by Gasteiger charge is -2.21. The number of aliphatic hydroxyl groups is 1. The Morgan fingerprint density at radius 2 is 2.04 bits per heavy atom. The lowest BCUT2D eigenvalue weighted by atomic mass is 10.1. The van der Waals surface area contributed by atoms with Crippen LogP contribution < -0.4 is 4.74 Å². The molecule has 2 aromatic rings. The molecule has 1 N–H and O–H groups in total. The zero-order valence-electron chi connectivity index (χ0n) is 15.3. The van der Waals surface area contributed by atoms with Gasteiger partial charge in [0.2, 0.25) is 5.88 Å². The van der Waals surface area contributed by atoms with Gasteiger partial charge in [-0.3, -0.25) is 4.90 Å². The number of aromatic nitrogens is 3. The van der Waals surface area contributed by atoms with Gasteiger partial charge in [0.15, 0.2) is 0 Å². The average molecular weight is 332 g/mol. The number of hydrogen-bond donors (Lipinski definition) is 1. The summed E-state index contributed by atoms with van der Waals surface area (Å²) in [5.41, 5.74) is 2.76. The van der Waals surface area contributed by atoms with E-state index in [-0.39, 0.29) is 11.7 Å². The second-order valence-electron chi connectivity index (χ2n) is 7.77. The van der Waals surface area contributed by atoms with Crippen molar-refractivity contribution in [3.63, 3.8) is 0 Å². The van der Waals surface area contributed by atoms with E-state index >= 15 is 0 Å². The van der Waals surface area contributed by atoms with Crippen LogP contribution in [0.1, 0.15) is 40.2 Å². The molecule has 0 bridgehead atoms. The molecule has 6 heteroatoms. The number of fused-ring (bicyclic) bond motifs is 1. The molecule has 1 aliphatic heterocycles. The predicted molar refractivity (Wildman–Crippen MR) is 94.0 cm³/mol. The van der Waals surface area contributed by atoms with Crippen molar-refractivity contribution in [1.82, 2.24) is 19.4 Å². The Hall–Kier alpha value is -1.66. The highest BCUT2D eigenvalue weighted by Gasteiger charge is 2.29. The van der Waals surface area contributed by atoms with E-state index in [1.807, 2.05) is 20.8 Å². The smallest absolute Gasteiger partial charge is 0.242 e. The lowest BCUT2D eigenvalue weighted by molar-refractivity contribution is 0.126. The van der Waals surface area contributed by atoms with E-state index in [9.17, 15) is 5.11 Å². The van der Waals surface area contributed by atoms with Gasteiger partial charge in [-0.05, 0) is 33.6 Å². The summed E-state index contributed by atoms with van der Waals surface area (Å²) >= 11 is 0. The maximum atomic E-state index is 9.99. The number of β-amino-alcohol motifs (C(OH)–C–C–N with tert-alkyl or cyclic N) is 1. The van der Waals surface area contributed by atoms with Crippen LogP contribution in [0.3, 0.4) is 0 Å². The predicted octanol–water partition coefficient (Wildman–Crippen LogP) is 2.44. The molecule has 1 fully saturated rings. The van der Waals surface area contributed by atoms with Crippen LogP contribution in [0.4, 0.5) is 0 Å². The van der Waals surface area contributed by atoms with Gasteiger partial charge in [-0.2, -0.15) is 4.98 Å². The fourth-order valence-corrected chi connectivity index (χ4v) is 3.32. The summed E-state index contributed by atoms with van der Waals surface area (Å²) < 4.78 is 8.20. The van der Waals surface area contributed by atoms with Gasteiger partial charge >= 0.3 is 0 Å². The van der Waals surface area contributed by atoms with Crippen LogP contribution in [0.15, 0.2) is 12.5 Å². The number of hydrogen-bond acceptors (Lipinski definition) is 5. The highest BCUT2D eigenvalue weighted by Crippen LogP contribution is 2.30. The van der Waals surface area contributed by atoms with E-state index in [0.29, 0.717) is 11.8 Å². The van der Waals surface area contributed by atoms with E-state index in [1.54, 1.807) is 6.33 Å². The van der Waals surface area contributed by atoms with E-state index in [2.05, 4.69) is 39.5 Å². The molecule has 24 heavy (non-hydrogen) atoms. The molecule has 0 amide bonds. The Bertz CT molecular complexity index is 710. The highest BCUT2D eigenvalue weighted by atomic mass is 16.5. The molecule has 1 saturated heterocycles. The SMILES string of the molecule is CCn1cc(CN2C[C@H](C)[C@@H](O)C2)c2ncnc(OC(C)(C)C)c21. The van der Waals surface area contributed by atoms with Crippen molar-refractivity contribution in [1.29, 1.82) is 0 Å². The van der Waals surface area contributed by atoms with Crippen molar-refractivity contribution in [3.05, 3.63) is 18.1 Å². The summed E-state index contributed by atoms with van der Waals surface area (Å²) in [6.45, 7) is 13.5. The Labute approximate surface area is 143 Å². The summed E-state index contributed by atoms with van der Waals surface area (Å²) in [6.07, 6.45) is 3.48. The van der Waals surface area contributed by atoms with Gasteiger partial charge in [0.05, 0.1) is 6.10 Å². The van der Waals surface area contributed by atoms with Crippen LogP contribution in [0.5, 0.6) is 5.88 Å². The third-order valence-electron chi connectivity index (χ3n) is 4.48. The van der Waals surface area contributed by atoms with Crippen LogP contribution in [0, 0.1) is 5.92 Å². The molecule has 0 spiro atoms. The summed E-state index contributed by atoms with van der Waals surface area (Å²) in [4.78, 5) is 11.2. The topological polar surface area (TPSA) is 63.4 Å². The number of nitrogens with zero attached hydrogens (tertiary/aromatic N) is 4. The van der Waals surface area contributed by atoms with Crippen LogP contribution in [0.2, 0.25) is 0 Å². The second kappa shape index (κ2) is 6.33. The van der Waals surface area contributed by atoms with Crippen molar-refractivity contribution in [2.24, 2.45) is 5.92 Å². The van der Waals surface area contributed by atoms with Crippen molar-refractivity contribution in [2.45, 2.75) is 59.4 Å². The van der Waals surface area contributed by atoms with Crippen molar-refractivity contribution in [3.8, 4) is 5.88 Å². The summed E-state index contributed by atoms with van der Waals surface area (Å²) in [7, 11) is 0. The molecule has 132 valence electrons. The first-order chi connectivity index (χ1) is 11.3. The van der Waals surface area contributed by atoms with Crippen LogP contribution in [-0.2, 0) is 13.1 Å². The molecule has 2 atom stereocenters. The minimum Gasteiger partial charge on any atom is -0.470 e. The summed E-state index contributed by atoms with van der Waals surface area (Å²) in [5.74, 6) is 0.953. The fourth-order valence-electron chi connectivity index (χ4n) is 3.32. The monoisotopic (exact) mass is 332 g/mol. The van der Waals surface area contributed by atoms with E-state index < -0.39 is 0 Å². The fraction of sp³-hybridized carbons (Fsp3) is 0.667. The Morgan fingerprint density at radius 3 is 2.62 bits per heavy atom. The number of aliphatic hydroxyl groups excluding tert-OH is 1. The van der Waals surface area contributed by atoms with Crippen molar-refractivity contribution < 1.29 is 9.84 Å². The molecule has 0 aromatic carbocycles. The molecule has 2 aromatic heterocycles. The molecule has 1 aliphatic rings. The van der Waals surface area contributed by atoms with Gasteiger partial charge in [-0.1, -0.05) is 6.92 Å². The first-order valence-electron chi connectivity index (χ1n) is 8.70. The van der Waals surface area contributed by atoms with Gasteiger partial charge in [-0.25, -0.2) is 4.98 Å². The third-order valence-corrected chi connectivity index (χ3v) is 4.48. The van der Waals surface area contributed by atoms with Gasteiger partial charge < -0.3 is 14.4 Å². The molecule has 0 radical (unpaired) electrons. The molecule has 3 rings (SSSR count). The molecule has 0 unspecified atom stereocenters. The minimum absolute atomic E-state index is 0.237. The Balaban J connectivity index is 1.97. The van der Waals surface area contributed by atoms with E-state index in [1.165, 1.54) is 0 Å². The summed E-state index contributed by atoms with van der Waals surface area (Å²) in [5, 5.41) is 9.99. The van der Waals surface area contributed by atoms with Crippen LogP contribution >= 0.6 is 0 Å². The van der Waals surface area contributed by atoms with Crippen molar-refractivity contribution >= 4 is 11.0 Å². The number of rotatable bonds is 4. The third kappa shape index (κ3) is 3.39. The molecule has 6 nitrogen and oxygen atoms in total. The molecular formula is C18H28N4O2. The molecule has 0 saturated carbocycles. The van der Waals surface area contributed by atoms with Gasteiger partial charge in [0.1, 0.15) is 23.0 Å². The normalized spacial score (nSPS) is 22.4. The summed E-state index contributed by atoms with van der Waals surface area (Å²) in [6, 6.07) is 0. The standard InChI is InChI=1S/C18H28N4O2/c1-6-22-9-13(8-21-7-12(2)14(23)10-21)15-16(22)17(20-11-19-15)24-18(3,4)5/h9,11-12,14,23H,6-8,10H2,1-5H3/t12-,14-/m0/s1. The van der Waals surface area contributed by atoms with E-state index in [0.717, 1.165) is 42.8 Å². The minimum atomic E-state index is -0.307. The second-order valence-corrected chi connectivity index (χ2v) is 7.77. The first-order valence-corrected chi connectivity index (χ1v) is 8.70. The highest BCUT2D eigenvalue weighted by molar-refractivity contribution is 5.84. The number of ether oxygens (including phenoxy) is 1. The quantitative estimate of drug-likeness (QED) is 0.932. The van der Waals surface area contributed by atoms with Crippen LogP contribution in [-0.4, -0.2) is 49.3 Å². The Morgan fingerprint density at radius 1 is 1.29 bits per heavy atom. The lowest BCUT2D eigenvalue weighted by Crippen LogP contribution is -2.24. The molecular weight excluding hydrogens is 304 g/mol. The molecule has 3 heterocycles. The average Bonchev–Trinajstić information content (AvgIpc) is 2.99. The van der Waals surface area contributed by atoms with Gasteiger partial charge in [0, 0.05) is 37.9 Å².